The number of hydrogen-bond donors (Lipinski definition) is 1. The summed E-state index contributed by atoms with van der Waals surface area (Å²) in [6.45, 7) is 5.37. The number of hydrogen-bond acceptors (Lipinski definition) is 5. The lowest BCUT2D eigenvalue weighted by Gasteiger charge is -2.13. The molecule has 0 heterocycles. The topological polar surface area (TPSA) is 66.0 Å². The Labute approximate surface area is 160 Å². The molecule has 0 saturated carbocycles. The summed E-state index contributed by atoms with van der Waals surface area (Å²) in [5, 5.41) is 2.88. The van der Waals surface area contributed by atoms with E-state index in [-0.39, 0.29) is 5.91 Å². The monoisotopic (exact) mass is 373 g/mol. The zero-order valence-electron chi connectivity index (χ0n) is 16.1. The zero-order chi connectivity index (χ0) is 19.5. The standard InChI is InChI=1S/C21H27NO5/c1-4-25-19-13-8-16(15-20(19)26-5-2)22-21(23)7-6-14-27-18-11-9-17(24-3)10-12-18/h8-13,15H,4-7,14H2,1-3H3,(H,22,23). The lowest BCUT2D eigenvalue weighted by atomic mass is 10.2. The third-order valence-electron chi connectivity index (χ3n) is 3.70. The highest BCUT2D eigenvalue weighted by Crippen LogP contribution is 2.30. The Morgan fingerprint density at radius 3 is 2.22 bits per heavy atom. The minimum atomic E-state index is -0.0695. The van der Waals surface area contributed by atoms with Crippen molar-refractivity contribution in [2.24, 2.45) is 0 Å². The zero-order valence-corrected chi connectivity index (χ0v) is 16.1. The van der Waals surface area contributed by atoms with Crippen LogP contribution in [0.1, 0.15) is 26.7 Å². The maximum atomic E-state index is 12.1. The molecule has 0 fully saturated rings. The third-order valence-corrected chi connectivity index (χ3v) is 3.70. The molecule has 146 valence electrons. The van der Waals surface area contributed by atoms with Crippen LogP contribution in [0.3, 0.4) is 0 Å². The molecule has 0 bridgehead atoms. The molecular formula is C21H27NO5. The van der Waals surface area contributed by atoms with Gasteiger partial charge in [-0.3, -0.25) is 4.79 Å². The van der Waals surface area contributed by atoms with Gasteiger partial charge in [0.05, 0.1) is 26.9 Å². The molecule has 2 aromatic carbocycles. The highest BCUT2D eigenvalue weighted by molar-refractivity contribution is 5.91. The molecule has 2 rings (SSSR count). The first-order chi connectivity index (χ1) is 13.2. The van der Waals surface area contributed by atoms with Crippen LogP contribution in [0, 0.1) is 0 Å². The number of nitrogens with one attached hydrogen (secondary N) is 1. The maximum absolute atomic E-state index is 12.1. The van der Waals surface area contributed by atoms with Crippen molar-refractivity contribution in [1.82, 2.24) is 0 Å². The summed E-state index contributed by atoms with van der Waals surface area (Å²) in [6, 6.07) is 12.7. The van der Waals surface area contributed by atoms with E-state index < -0.39 is 0 Å². The second kappa shape index (κ2) is 11.0. The first-order valence-electron chi connectivity index (χ1n) is 9.12. The van der Waals surface area contributed by atoms with Crippen molar-refractivity contribution in [3.63, 3.8) is 0 Å². The fourth-order valence-electron chi connectivity index (χ4n) is 2.45. The van der Waals surface area contributed by atoms with Crippen molar-refractivity contribution in [3.8, 4) is 23.0 Å². The average molecular weight is 373 g/mol. The van der Waals surface area contributed by atoms with Crippen molar-refractivity contribution in [2.45, 2.75) is 26.7 Å². The number of carbonyl (C=O) groups excluding carboxylic acids is 1. The van der Waals surface area contributed by atoms with Gasteiger partial charge in [-0.25, -0.2) is 0 Å². The van der Waals surface area contributed by atoms with Crippen LogP contribution in [0.15, 0.2) is 42.5 Å². The van der Waals surface area contributed by atoms with E-state index in [0.29, 0.717) is 49.8 Å². The molecule has 27 heavy (non-hydrogen) atoms. The van der Waals surface area contributed by atoms with Crippen LogP contribution in [-0.2, 0) is 4.79 Å². The van der Waals surface area contributed by atoms with Gasteiger partial charge in [-0.15, -0.1) is 0 Å². The van der Waals surface area contributed by atoms with E-state index in [1.165, 1.54) is 0 Å². The van der Waals surface area contributed by atoms with Crippen LogP contribution in [0.25, 0.3) is 0 Å². The molecule has 0 aliphatic heterocycles. The largest absolute Gasteiger partial charge is 0.497 e. The van der Waals surface area contributed by atoms with Gasteiger partial charge in [0.1, 0.15) is 11.5 Å². The Morgan fingerprint density at radius 2 is 1.56 bits per heavy atom. The number of amides is 1. The Kier molecular flexibility index (Phi) is 8.29. The van der Waals surface area contributed by atoms with Crippen molar-refractivity contribution < 1.29 is 23.7 Å². The van der Waals surface area contributed by atoms with E-state index >= 15 is 0 Å². The summed E-state index contributed by atoms with van der Waals surface area (Å²) in [4.78, 5) is 12.1. The fraction of sp³-hybridized carbons (Fsp3) is 0.381. The second-order valence-corrected chi connectivity index (χ2v) is 5.70. The molecule has 1 amide bonds. The minimum absolute atomic E-state index is 0.0695. The Bertz CT molecular complexity index is 715. The van der Waals surface area contributed by atoms with Crippen molar-refractivity contribution in [2.75, 3.05) is 32.2 Å². The molecule has 2 aromatic rings. The highest BCUT2D eigenvalue weighted by atomic mass is 16.5. The number of ether oxygens (including phenoxy) is 4. The molecule has 0 unspecified atom stereocenters. The van der Waals surface area contributed by atoms with E-state index in [4.69, 9.17) is 18.9 Å². The first kappa shape index (κ1) is 20.4. The molecule has 0 radical (unpaired) electrons. The Balaban J connectivity index is 1.78. The van der Waals surface area contributed by atoms with Crippen molar-refractivity contribution in [3.05, 3.63) is 42.5 Å². The lowest BCUT2D eigenvalue weighted by Crippen LogP contribution is -2.13. The molecule has 0 aromatic heterocycles. The van der Waals surface area contributed by atoms with Crippen LogP contribution >= 0.6 is 0 Å². The van der Waals surface area contributed by atoms with E-state index in [1.807, 2.05) is 38.1 Å². The summed E-state index contributed by atoms with van der Waals surface area (Å²) in [7, 11) is 1.62. The number of carbonyl (C=O) groups is 1. The van der Waals surface area contributed by atoms with Gasteiger partial charge >= 0.3 is 0 Å². The summed E-state index contributed by atoms with van der Waals surface area (Å²) in [5.41, 5.74) is 0.683. The minimum Gasteiger partial charge on any atom is -0.497 e. The molecule has 0 spiro atoms. The van der Waals surface area contributed by atoms with E-state index in [9.17, 15) is 4.79 Å². The van der Waals surface area contributed by atoms with Gasteiger partial charge in [0, 0.05) is 18.2 Å². The van der Waals surface area contributed by atoms with Gasteiger partial charge in [-0.05, 0) is 56.7 Å². The summed E-state index contributed by atoms with van der Waals surface area (Å²) in [5.74, 6) is 2.76. The Hall–Kier alpha value is -2.89. The molecule has 6 nitrogen and oxygen atoms in total. The number of methoxy groups -OCH3 is 1. The number of anilines is 1. The van der Waals surface area contributed by atoms with Crippen LogP contribution in [-0.4, -0.2) is 32.8 Å². The fourth-order valence-corrected chi connectivity index (χ4v) is 2.45. The normalized spacial score (nSPS) is 10.2. The SMILES string of the molecule is CCOc1ccc(NC(=O)CCCOc2ccc(OC)cc2)cc1OCC. The molecule has 6 heteroatoms. The molecule has 0 aliphatic carbocycles. The Morgan fingerprint density at radius 1 is 0.889 bits per heavy atom. The quantitative estimate of drug-likeness (QED) is 0.595. The molecule has 0 atom stereocenters. The second-order valence-electron chi connectivity index (χ2n) is 5.70. The average Bonchev–Trinajstić information content (AvgIpc) is 2.68. The molecule has 1 N–H and O–H groups in total. The summed E-state index contributed by atoms with van der Waals surface area (Å²) in [6.07, 6.45) is 0.987. The summed E-state index contributed by atoms with van der Waals surface area (Å²) < 4.78 is 21.8. The van der Waals surface area contributed by atoms with Gasteiger partial charge in [0.2, 0.25) is 5.91 Å². The van der Waals surface area contributed by atoms with Gasteiger partial charge in [0.15, 0.2) is 11.5 Å². The van der Waals surface area contributed by atoms with Gasteiger partial charge in [0.25, 0.3) is 0 Å². The lowest BCUT2D eigenvalue weighted by molar-refractivity contribution is -0.116. The van der Waals surface area contributed by atoms with Crippen molar-refractivity contribution >= 4 is 11.6 Å². The van der Waals surface area contributed by atoms with E-state index in [1.54, 1.807) is 25.3 Å². The molecule has 0 aliphatic rings. The third kappa shape index (κ3) is 6.73. The predicted octanol–water partition coefficient (Wildman–Crippen LogP) is 4.29. The van der Waals surface area contributed by atoms with Gasteiger partial charge in [-0.2, -0.15) is 0 Å². The first-order valence-corrected chi connectivity index (χ1v) is 9.12. The predicted molar refractivity (Wildman–Crippen MR) is 105 cm³/mol. The van der Waals surface area contributed by atoms with Crippen LogP contribution < -0.4 is 24.3 Å². The van der Waals surface area contributed by atoms with Crippen LogP contribution in [0.4, 0.5) is 5.69 Å². The molecule has 0 saturated heterocycles. The van der Waals surface area contributed by atoms with E-state index in [0.717, 1.165) is 11.5 Å². The van der Waals surface area contributed by atoms with Crippen LogP contribution in [0.5, 0.6) is 23.0 Å². The van der Waals surface area contributed by atoms with Gasteiger partial charge < -0.3 is 24.3 Å². The smallest absolute Gasteiger partial charge is 0.224 e. The number of rotatable bonds is 11. The van der Waals surface area contributed by atoms with Crippen LogP contribution in [0.2, 0.25) is 0 Å². The van der Waals surface area contributed by atoms with E-state index in [2.05, 4.69) is 5.32 Å². The molecular weight excluding hydrogens is 346 g/mol. The number of benzene rings is 2. The van der Waals surface area contributed by atoms with Crippen molar-refractivity contribution in [1.29, 1.82) is 0 Å². The van der Waals surface area contributed by atoms with Gasteiger partial charge in [-0.1, -0.05) is 0 Å². The summed E-state index contributed by atoms with van der Waals surface area (Å²) >= 11 is 0. The maximum Gasteiger partial charge on any atom is 0.224 e. The highest BCUT2D eigenvalue weighted by Gasteiger charge is 2.08.